The molecule has 84 valence electrons. The Hall–Kier alpha value is -0.460. The summed E-state index contributed by atoms with van der Waals surface area (Å²) in [6.45, 7) is 12.3. The summed E-state index contributed by atoms with van der Waals surface area (Å²) in [5, 5.41) is 3.50. The van der Waals surface area contributed by atoms with E-state index in [2.05, 4.69) is 46.0 Å². The van der Waals surface area contributed by atoms with Crippen molar-refractivity contribution >= 4 is 0 Å². The van der Waals surface area contributed by atoms with E-state index < -0.39 is 0 Å². The highest BCUT2D eigenvalue weighted by Crippen LogP contribution is 2.28. The molecule has 0 saturated heterocycles. The first-order valence-electron chi connectivity index (χ1n) is 5.94. The number of hydrogen-bond donors (Lipinski definition) is 1. The number of allylic oxidation sites excluding steroid dienone is 2. The van der Waals surface area contributed by atoms with Gasteiger partial charge in [-0.15, -0.1) is 0 Å². The second kappa shape index (κ2) is 6.92. The summed E-state index contributed by atoms with van der Waals surface area (Å²) in [5.41, 5.74) is 1.77. The molecule has 0 heterocycles. The monoisotopic (exact) mass is 197 g/mol. The van der Waals surface area contributed by atoms with Crippen molar-refractivity contribution in [2.75, 3.05) is 6.54 Å². The van der Waals surface area contributed by atoms with Crippen LogP contribution in [0.2, 0.25) is 0 Å². The summed E-state index contributed by atoms with van der Waals surface area (Å²) >= 11 is 0. The Kier molecular flexibility index (Phi) is 6.69. The molecule has 0 aliphatic rings. The summed E-state index contributed by atoms with van der Waals surface area (Å²) in [6, 6.07) is 0. The van der Waals surface area contributed by atoms with Crippen molar-refractivity contribution in [3.8, 4) is 0 Å². The molecule has 1 nitrogen and oxygen atoms in total. The fraction of sp³-hybridized carbons (Fsp3) is 0.846. The smallest absolute Gasteiger partial charge is 0.0197 e. The van der Waals surface area contributed by atoms with Gasteiger partial charge in [0.2, 0.25) is 0 Å². The zero-order valence-corrected chi connectivity index (χ0v) is 10.6. The van der Waals surface area contributed by atoms with E-state index in [4.69, 9.17) is 0 Å². The van der Waals surface area contributed by atoms with Crippen molar-refractivity contribution in [2.45, 2.75) is 60.3 Å². The Morgan fingerprint density at radius 1 is 1.21 bits per heavy atom. The molecule has 1 heteroatoms. The van der Waals surface area contributed by atoms with Gasteiger partial charge in [0.15, 0.2) is 0 Å². The van der Waals surface area contributed by atoms with E-state index in [0.717, 1.165) is 6.54 Å². The van der Waals surface area contributed by atoms with Gasteiger partial charge in [0.05, 0.1) is 0 Å². The SMILES string of the molecule is C/C=C(\C)NCC(C)(CCC)CCC. The molecule has 14 heavy (non-hydrogen) atoms. The van der Waals surface area contributed by atoms with Gasteiger partial charge < -0.3 is 5.32 Å². The van der Waals surface area contributed by atoms with Crippen LogP contribution in [0, 0.1) is 5.41 Å². The molecule has 0 radical (unpaired) electrons. The summed E-state index contributed by atoms with van der Waals surface area (Å²) in [7, 11) is 0. The van der Waals surface area contributed by atoms with Gasteiger partial charge in [-0.05, 0) is 32.1 Å². The van der Waals surface area contributed by atoms with E-state index in [1.54, 1.807) is 0 Å². The van der Waals surface area contributed by atoms with Gasteiger partial charge >= 0.3 is 0 Å². The Morgan fingerprint density at radius 2 is 1.71 bits per heavy atom. The van der Waals surface area contributed by atoms with Crippen molar-refractivity contribution in [2.24, 2.45) is 5.41 Å². The summed E-state index contributed by atoms with van der Waals surface area (Å²) < 4.78 is 0. The van der Waals surface area contributed by atoms with Crippen LogP contribution in [0.5, 0.6) is 0 Å². The Labute approximate surface area is 90.0 Å². The molecule has 0 aliphatic carbocycles. The van der Waals surface area contributed by atoms with E-state index in [1.807, 2.05) is 0 Å². The minimum Gasteiger partial charge on any atom is -0.388 e. The molecule has 0 unspecified atom stereocenters. The lowest BCUT2D eigenvalue weighted by atomic mass is 9.81. The maximum Gasteiger partial charge on any atom is 0.0197 e. The lowest BCUT2D eigenvalue weighted by molar-refractivity contribution is 0.261. The van der Waals surface area contributed by atoms with Crippen LogP contribution in [0.15, 0.2) is 11.8 Å². The molecule has 0 rings (SSSR count). The highest BCUT2D eigenvalue weighted by atomic mass is 14.9. The van der Waals surface area contributed by atoms with Crippen molar-refractivity contribution in [3.05, 3.63) is 11.8 Å². The minimum atomic E-state index is 0.480. The van der Waals surface area contributed by atoms with Gasteiger partial charge in [-0.3, -0.25) is 0 Å². The van der Waals surface area contributed by atoms with Gasteiger partial charge in [0.25, 0.3) is 0 Å². The zero-order chi connectivity index (χ0) is 11.0. The number of rotatable bonds is 7. The largest absolute Gasteiger partial charge is 0.388 e. The quantitative estimate of drug-likeness (QED) is 0.647. The molecule has 0 amide bonds. The van der Waals surface area contributed by atoms with E-state index in [1.165, 1.54) is 31.4 Å². The van der Waals surface area contributed by atoms with Crippen molar-refractivity contribution < 1.29 is 0 Å². The average molecular weight is 197 g/mol. The van der Waals surface area contributed by atoms with Crippen LogP contribution in [0.3, 0.4) is 0 Å². The van der Waals surface area contributed by atoms with Crippen LogP contribution < -0.4 is 5.32 Å². The van der Waals surface area contributed by atoms with Crippen LogP contribution >= 0.6 is 0 Å². The number of hydrogen-bond acceptors (Lipinski definition) is 1. The molecule has 0 aromatic rings. The predicted molar refractivity (Wildman–Crippen MR) is 65.4 cm³/mol. The minimum absolute atomic E-state index is 0.480. The third-order valence-corrected chi connectivity index (χ3v) is 2.93. The van der Waals surface area contributed by atoms with Gasteiger partial charge in [0, 0.05) is 12.2 Å². The molecular weight excluding hydrogens is 170 g/mol. The topological polar surface area (TPSA) is 12.0 Å². The summed E-state index contributed by atoms with van der Waals surface area (Å²) in [4.78, 5) is 0. The summed E-state index contributed by atoms with van der Waals surface area (Å²) in [5.74, 6) is 0. The van der Waals surface area contributed by atoms with Crippen LogP contribution in [0.25, 0.3) is 0 Å². The Morgan fingerprint density at radius 3 is 2.07 bits per heavy atom. The molecule has 0 aliphatic heterocycles. The van der Waals surface area contributed by atoms with E-state index in [9.17, 15) is 0 Å². The van der Waals surface area contributed by atoms with E-state index in [0.29, 0.717) is 5.41 Å². The first kappa shape index (κ1) is 13.5. The molecule has 0 bridgehead atoms. The number of nitrogens with one attached hydrogen (secondary N) is 1. The van der Waals surface area contributed by atoms with Gasteiger partial charge in [-0.2, -0.15) is 0 Å². The van der Waals surface area contributed by atoms with Crippen LogP contribution in [0.1, 0.15) is 60.3 Å². The van der Waals surface area contributed by atoms with Gasteiger partial charge in [-0.25, -0.2) is 0 Å². The maximum atomic E-state index is 3.50. The molecule has 0 spiro atoms. The second-order valence-corrected chi connectivity index (χ2v) is 4.64. The second-order valence-electron chi connectivity index (χ2n) is 4.64. The van der Waals surface area contributed by atoms with Gasteiger partial charge in [-0.1, -0.05) is 39.7 Å². The molecule has 0 saturated carbocycles. The first-order chi connectivity index (χ1) is 6.58. The van der Waals surface area contributed by atoms with Crippen LogP contribution in [0.4, 0.5) is 0 Å². The molecule has 1 N–H and O–H groups in total. The molecule has 0 fully saturated rings. The lowest BCUT2D eigenvalue weighted by Crippen LogP contribution is -2.30. The maximum absolute atomic E-state index is 3.50. The normalized spacial score (nSPS) is 13.1. The fourth-order valence-electron chi connectivity index (χ4n) is 1.96. The van der Waals surface area contributed by atoms with Crippen molar-refractivity contribution in [1.29, 1.82) is 0 Å². The van der Waals surface area contributed by atoms with Crippen LogP contribution in [-0.2, 0) is 0 Å². The third kappa shape index (κ3) is 5.31. The van der Waals surface area contributed by atoms with Crippen molar-refractivity contribution in [1.82, 2.24) is 5.32 Å². The third-order valence-electron chi connectivity index (χ3n) is 2.93. The average Bonchev–Trinajstić information content (AvgIpc) is 2.15. The highest BCUT2D eigenvalue weighted by molar-refractivity contribution is 4.94. The summed E-state index contributed by atoms with van der Waals surface area (Å²) in [6.07, 6.45) is 7.36. The Bertz CT molecular complexity index is 164. The molecule has 0 aromatic carbocycles. The van der Waals surface area contributed by atoms with Gasteiger partial charge in [0.1, 0.15) is 0 Å². The molecule has 0 atom stereocenters. The van der Waals surface area contributed by atoms with Crippen molar-refractivity contribution in [3.63, 3.8) is 0 Å². The lowest BCUT2D eigenvalue weighted by Gasteiger charge is -2.30. The van der Waals surface area contributed by atoms with E-state index >= 15 is 0 Å². The predicted octanol–water partition coefficient (Wildman–Crippen LogP) is 4.11. The fourth-order valence-corrected chi connectivity index (χ4v) is 1.96. The van der Waals surface area contributed by atoms with E-state index in [-0.39, 0.29) is 0 Å². The highest BCUT2D eigenvalue weighted by Gasteiger charge is 2.21. The molecule has 0 aromatic heterocycles. The zero-order valence-electron chi connectivity index (χ0n) is 10.6. The van der Waals surface area contributed by atoms with Crippen LogP contribution in [-0.4, -0.2) is 6.54 Å². The standard InChI is InChI=1S/C13H27N/c1-6-9-13(5,10-7-2)11-14-12(4)8-3/h8,14H,6-7,9-11H2,1-5H3/b12-8+. The first-order valence-corrected chi connectivity index (χ1v) is 5.94. The Balaban J connectivity index is 4.07. The molecular formula is C13H27N.